The number of hydrogen-bond donors (Lipinski definition) is 2. The minimum atomic E-state index is -5.17. The molecule has 19 heavy (non-hydrogen) atoms. The van der Waals surface area contributed by atoms with Gasteiger partial charge in [-0.15, -0.1) is 13.2 Å². The van der Waals surface area contributed by atoms with E-state index in [2.05, 4.69) is 13.2 Å². The summed E-state index contributed by atoms with van der Waals surface area (Å²) in [6, 6.07) is 0. The van der Waals surface area contributed by atoms with Gasteiger partial charge in [-0.2, -0.15) is 0 Å². The summed E-state index contributed by atoms with van der Waals surface area (Å²) in [5.41, 5.74) is 0. The quantitative estimate of drug-likeness (QED) is 0.177. The van der Waals surface area contributed by atoms with Gasteiger partial charge in [0.05, 0.1) is 0 Å². The Hall–Kier alpha value is -0.241. The van der Waals surface area contributed by atoms with Gasteiger partial charge in [-0.1, -0.05) is 0 Å². The molecule has 0 radical (unpaired) electrons. The molecule has 130 valence electrons. The Balaban J connectivity index is -0.00000000709. The molecule has 0 aromatic heterocycles. The van der Waals surface area contributed by atoms with E-state index in [-0.39, 0.29) is 51.3 Å². The van der Waals surface area contributed by atoms with Crippen molar-refractivity contribution in [2.45, 2.75) is 0 Å². The molecule has 0 rings (SSSR count). The molecule has 16 N–H and O–H groups in total. The van der Waals surface area contributed by atoms with Crippen LogP contribution in [0.3, 0.4) is 0 Å². The van der Waals surface area contributed by atoms with Gasteiger partial charge in [0.25, 0.3) is 0 Å². The third kappa shape index (κ3) is 76200. The molecule has 0 aliphatic rings. The van der Waals surface area contributed by atoms with Crippen LogP contribution in [-0.4, -0.2) is 57.0 Å². The van der Waals surface area contributed by atoms with E-state index in [1.807, 2.05) is 0 Å². The number of rotatable bonds is 0. The fourth-order valence-corrected chi connectivity index (χ4v) is 0. The van der Waals surface area contributed by atoms with Crippen molar-refractivity contribution in [3.8, 4) is 0 Å². The van der Waals surface area contributed by atoms with Gasteiger partial charge in [-0.05, 0) is 0 Å². The zero-order valence-electron chi connectivity index (χ0n) is 9.85. The van der Waals surface area contributed by atoms with Crippen LogP contribution in [0.4, 0.5) is 0 Å². The van der Waals surface area contributed by atoms with E-state index in [9.17, 15) is 0 Å². The van der Waals surface area contributed by atoms with Crippen LogP contribution < -0.4 is 12.3 Å². The molecule has 0 atom stereocenters. The molecule has 0 spiro atoms. The van der Waals surface area contributed by atoms with E-state index >= 15 is 0 Å². The summed E-state index contributed by atoms with van der Waals surface area (Å²) in [7, 11) is -10.3. The van der Waals surface area contributed by atoms with Gasteiger partial charge in [0, 0.05) is 20.8 Å². The maximum atomic E-state index is 8.52. The second-order valence-corrected chi connectivity index (χ2v) is 2.45. The van der Waals surface area contributed by atoms with Crippen LogP contribution in [0, 0.1) is 0 Å². The van der Waals surface area contributed by atoms with Crippen LogP contribution in [0.2, 0.25) is 0 Å². The van der Waals surface area contributed by atoms with Gasteiger partial charge in [-0.3, -0.25) is 16.8 Å². The number of hydrogen-bond acceptors (Lipinski definition) is 8. The predicted octanol–water partition coefficient (Wildman–Crippen LogP) is -4.42. The fraction of sp³-hybridized carbons (Fsp3) is 0. The maximum absolute atomic E-state index is 8.52. The maximum Gasteiger partial charge on any atom is 2.00 e. The van der Waals surface area contributed by atoms with Gasteiger partial charge in [0.1, 0.15) is 0 Å². The summed E-state index contributed by atoms with van der Waals surface area (Å²) < 4.78 is 68.2. The average molecular weight is 384 g/mol. The van der Waals surface area contributed by atoms with Crippen LogP contribution in [0.15, 0.2) is 13.2 Å². The molecular formula is C2H20FeN2O12S2. The molecule has 0 unspecified atom stereocenters. The summed E-state index contributed by atoms with van der Waals surface area (Å²) >= 11 is 0. The Morgan fingerprint density at radius 2 is 0.579 bits per heavy atom. The predicted molar refractivity (Wildman–Crippen MR) is 58.6 cm³/mol. The van der Waals surface area contributed by atoms with E-state index in [4.69, 9.17) is 35.0 Å². The van der Waals surface area contributed by atoms with Crippen molar-refractivity contribution in [1.82, 2.24) is 12.3 Å². The van der Waals surface area contributed by atoms with Crippen LogP contribution in [-0.2, 0) is 37.9 Å². The van der Waals surface area contributed by atoms with Crippen LogP contribution in [0.5, 0.6) is 0 Å². The summed E-state index contributed by atoms with van der Waals surface area (Å²) in [6.07, 6.45) is 0. The first-order valence-corrected chi connectivity index (χ1v) is 4.50. The molecule has 0 heterocycles. The molecule has 0 saturated heterocycles. The molecule has 0 aromatic rings. The van der Waals surface area contributed by atoms with Crippen molar-refractivity contribution < 1.29 is 74.0 Å². The van der Waals surface area contributed by atoms with Crippen LogP contribution >= 0.6 is 0 Å². The Labute approximate surface area is 120 Å². The summed E-state index contributed by atoms with van der Waals surface area (Å²) in [6.45, 7) is 6.00. The van der Waals surface area contributed by atoms with Gasteiger partial charge >= 0.3 is 17.1 Å². The van der Waals surface area contributed by atoms with Crippen molar-refractivity contribution in [3.63, 3.8) is 0 Å². The van der Waals surface area contributed by atoms with E-state index in [0.717, 1.165) is 0 Å². The first kappa shape index (κ1) is 77.1. The first-order chi connectivity index (χ1) is 5.00. The molecule has 0 aromatic carbocycles. The molecule has 0 aliphatic heterocycles. The van der Waals surface area contributed by atoms with E-state index < -0.39 is 20.8 Å². The normalized spacial score (nSPS) is 6.32. The minimum Gasteiger partial charge on any atom is -0.759 e. The van der Waals surface area contributed by atoms with E-state index in [0.29, 0.717) is 0 Å². The molecule has 14 nitrogen and oxygen atoms in total. The second-order valence-electron chi connectivity index (χ2n) is 0.816. The molecule has 0 saturated carbocycles. The SMILES string of the molecule is C=C.O.O.O.O.O=S(=O)([O-])[O-].O=S(=O)([O-])[O-].[Fe+2].[NH4+].[NH4+]. The van der Waals surface area contributed by atoms with Gasteiger partial charge in [-0.25, -0.2) is 0 Å². The largest absolute Gasteiger partial charge is 2.00 e. The Bertz CT molecular complexity index is 241. The van der Waals surface area contributed by atoms with E-state index in [1.54, 1.807) is 0 Å². The molecule has 0 aliphatic carbocycles. The number of quaternary nitrogens is 2. The standard InChI is InChI=1S/C2H4.Fe.2H3N.2H2O4S.4H2O/c1-2;;;;2*1-5(2,3)4;;;;/h1-2H2;;2*1H3;2*(H2,1,2,3,4);4*1H2/q;+2;;;;;;;;/p-2. The monoisotopic (exact) mass is 384 g/mol. The van der Waals surface area contributed by atoms with Gasteiger partial charge in [0.2, 0.25) is 0 Å². The smallest absolute Gasteiger partial charge is 0.759 e. The average Bonchev–Trinajstić information content (AvgIpc) is 1.59. The molecule has 17 heteroatoms. The zero-order chi connectivity index (χ0) is 11.0. The Morgan fingerprint density at radius 1 is 0.579 bits per heavy atom. The van der Waals surface area contributed by atoms with E-state index in [1.165, 1.54) is 0 Å². The second kappa shape index (κ2) is 36.1. The van der Waals surface area contributed by atoms with Crippen molar-refractivity contribution in [2.24, 2.45) is 0 Å². The molecule has 0 bridgehead atoms. The Kier molecular flexibility index (Phi) is 146. The minimum absolute atomic E-state index is 0. The Morgan fingerprint density at radius 3 is 0.579 bits per heavy atom. The van der Waals surface area contributed by atoms with Gasteiger partial charge < -0.3 is 52.4 Å². The van der Waals surface area contributed by atoms with Crippen molar-refractivity contribution in [3.05, 3.63) is 13.2 Å². The zero-order valence-corrected chi connectivity index (χ0v) is 12.6. The fourth-order valence-electron chi connectivity index (χ4n) is 0. The summed E-state index contributed by atoms with van der Waals surface area (Å²) in [4.78, 5) is 0. The summed E-state index contributed by atoms with van der Waals surface area (Å²) in [5.74, 6) is 0. The topological polar surface area (TPSA) is 360 Å². The van der Waals surface area contributed by atoms with Crippen LogP contribution in [0.25, 0.3) is 0 Å². The summed E-state index contributed by atoms with van der Waals surface area (Å²) in [5, 5.41) is 0. The first-order valence-electron chi connectivity index (χ1n) is 1.83. The van der Waals surface area contributed by atoms with Gasteiger partial charge in [0.15, 0.2) is 0 Å². The molecule has 0 amide bonds. The molecule has 0 fully saturated rings. The third-order valence-electron chi connectivity index (χ3n) is 0. The van der Waals surface area contributed by atoms with Crippen molar-refractivity contribution >= 4 is 20.8 Å². The third-order valence-corrected chi connectivity index (χ3v) is 0. The van der Waals surface area contributed by atoms with Crippen molar-refractivity contribution in [2.75, 3.05) is 0 Å². The van der Waals surface area contributed by atoms with Crippen LogP contribution in [0.1, 0.15) is 0 Å². The molecular weight excluding hydrogens is 364 g/mol. The van der Waals surface area contributed by atoms with Crippen molar-refractivity contribution in [1.29, 1.82) is 0 Å².